The second-order valence-corrected chi connectivity index (χ2v) is 5.04. The van der Waals surface area contributed by atoms with E-state index in [9.17, 15) is 13.2 Å². The molecule has 0 aliphatic rings. The number of anilines is 1. The van der Waals surface area contributed by atoms with Crippen LogP contribution >= 0.6 is 11.6 Å². The molecular formula is C15H14ClF3N4O2. The number of nitrogens with one attached hydrogen (secondary N) is 1. The lowest BCUT2D eigenvalue weighted by molar-refractivity contribution is -0.274. The number of nitrogens with zero attached hydrogens (tertiary/aromatic N) is 2. The van der Waals surface area contributed by atoms with E-state index in [-0.39, 0.29) is 24.8 Å². The molecule has 0 radical (unpaired) electrons. The zero-order chi connectivity index (χ0) is 18.3. The molecule has 0 fully saturated rings. The first-order valence-corrected chi connectivity index (χ1v) is 7.37. The average molecular weight is 375 g/mol. The standard InChI is InChI=1S/C15H14ClF3N4O2/c16-10-5-6-13(22-9-10)24-8-7-21-14(20)23-11-3-1-2-4-12(11)25-15(17,18)19/h1-6,9H,7-8H2,(H3,20,21,23). The van der Waals surface area contributed by atoms with Crippen LogP contribution in [0.15, 0.2) is 47.6 Å². The number of para-hydroxylation sites is 2. The molecule has 25 heavy (non-hydrogen) atoms. The van der Waals surface area contributed by atoms with Crippen LogP contribution in [0.3, 0.4) is 0 Å². The van der Waals surface area contributed by atoms with Gasteiger partial charge in [0.15, 0.2) is 11.7 Å². The summed E-state index contributed by atoms with van der Waals surface area (Å²) < 4.78 is 46.3. The Kier molecular flexibility index (Phi) is 6.29. The molecule has 0 aliphatic carbocycles. The summed E-state index contributed by atoms with van der Waals surface area (Å²) in [6, 6.07) is 8.72. The second kappa shape index (κ2) is 8.43. The van der Waals surface area contributed by atoms with E-state index >= 15 is 0 Å². The van der Waals surface area contributed by atoms with Gasteiger partial charge in [0, 0.05) is 12.3 Å². The summed E-state index contributed by atoms with van der Waals surface area (Å²) in [4.78, 5) is 7.89. The summed E-state index contributed by atoms with van der Waals surface area (Å²) in [5.74, 6) is -0.115. The Hall–Kier alpha value is -2.68. The van der Waals surface area contributed by atoms with Gasteiger partial charge in [-0.2, -0.15) is 0 Å². The number of ether oxygens (including phenoxy) is 2. The molecule has 2 aromatic rings. The molecule has 3 N–H and O–H groups in total. The van der Waals surface area contributed by atoms with Crippen molar-refractivity contribution in [1.82, 2.24) is 4.98 Å². The van der Waals surface area contributed by atoms with Crippen molar-refractivity contribution in [2.24, 2.45) is 10.7 Å². The number of hydrogen-bond acceptors (Lipinski definition) is 4. The van der Waals surface area contributed by atoms with E-state index in [0.717, 1.165) is 0 Å². The third-order valence-corrected chi connectivity index (χ3v) is 2.92. The van der Waals surface area contributed by atoms with Gasteiger partial charge in [-0.1, -0.05) is 23.7 Å². The van der Waals surface area contributed by atoms with Crippen molar-refractivity contribution in [3.05, 3.63) is 47.6 Å². The van der Waals surface area contributed by atoms with Crippen LogP contribution < -0.4 is 20.5 Å². The minimum Gasteiger partial charge on any atom is -0.476 e. The molecule has 0 bridgehead atoms. The zero-order valence-corrected chi connectivity index (χ0v) is 13.5. The van der Waals surface area contributed by atoms with Gasteiger partial charge in [0.1, 0.15) is 6.61 Å². The molecule has 0 unspecified atom stereocenters. The van der Waals surface area contributed by atoms with Crippen molar-refractivity contribution in [2.45, 2.75) is 6.36 Å². The predicted molar refractivity (Wildman–Crippen MR) is 88.0 cm³/mol. The van der Waals surface area contributed by atoms with Gasteiger partial charge in [0.05, 0.1) is 17.3 Å². The molecule has 0 saturated carbocycles. The number of aliphatic imine (C=N–C) groups is 1. The van der Waals surface area contributed by atoms with Crippen LogP contribution in [-0.2, 0) is 0 Å². The Morgan fingerprint density at radius 3 is 2.68 bits per heavy atom. The summed E-state index contributed by atoms with van der Waals surface area (Å²) in [5, 5.41) is 3.04. The van der Waals surface area contributed by atoms with Crippen LogP contribution in [0.4, 0.5) is 18.9 Å². The maximum Gasteiger partial charge on any atom is 0.573 e. The van der Waals surface area contributed by atoms with Gasteiger partial charge in [-0.05, 0) is 18.2 Å². The molecule has 0 amide bonds. The maximum absolute atomic E-state index is 12.4. The van der Waals surface area contributed by atoms with Gasteiger partial charge < -0.3 is 20.5 Å². The summed E-state index contributed by atoms with van der Waals surface area (Å²) >= 11 is 5.70. The highest BCUT2D eigenvalue weighted by Crippen LogP contribution is 2.29. The summed E-state index contributed by atoms with van der Waals surface area (Å²) in [6.07, 6.45) is -3.36. The number of halogens is 4. The third kappa shape index (κ3) is 6.76. The fourth-order valence-corrected chi connectivity index (χ4v) is 1.84. The minimum atomic E-state index is -4.80. The largest absolute Gasteiger partial charge is 0.573 e. The van der Waals surface area contributed by atoms with Crippen LogP contribution in [-0.4, -0.2) is 30.5 Å². The Morgan fingerprint density at radius 2 is 2.00 bits per heavy atom. The van der Waals surface area contributed by atoms with Crippen molar-refractivity contribution in [1.29, 1.82) is 0 Å². The Morgan fingerprint density at radius 1 is 1.24 bits per heavy atom. The molecule has 2 rings (SSSR count). The van der Waals surface area contributed by atoms with Crippen molar-refractivity contribution >= 4 is 23.2 Å². The highest BCUT2D eigenvalue weighted by molar-refractivity contribution is 6.30. The minimum absolute atomic E-state index is 0.0429. The van der Waals surface area contributed by atoms with Gasteiger partial charge in [-0.3, -0.25) is 0 Å². The van der Waals surface area contributed by atoms with Crippen LogP contribution in [0.25, 0.3) is 0 Å². The molecule has 134 valence electrons. The molecule has 6 nitrogen and oxygen atoms in total. The van der Waals surface area contributed by atoms with Crippen molar-refractivity contribution in [3.63, 3.8) is 0 Å². The van der Waals surface area contributed by atoms with Crippen LogP contribution in [0.1, 0.15) is 0 Å². The Balaban J connectivity index is 1.87. The number of aromatic nitrogens is 1. The first-order valence-electron chi connectivity index (χ1n) is 6.99. The maximum atomic E-state index is 12.4. The van der Waals surface area contributed by atoms with Crippen molar-refractivity contribution < 1.29 is 22.6 Å². The SMILES string of the molecule is NC(=NCCOc1ccc(Cl)cn1)Nc1ccccc1OC(F)(F)F. The molecular weight excluding hydrogens is 361 g/mol. The molecule has 0 aliphatic heterocycles. The van der Waals surface area contributed by atoms with Crippen LogP contribution in [0.2, 0.25) is 5.02 Å². The topological polar surface area (TPSA) is 81.8 Å². The summed E-state index contributed by atoms with van der Waals surface area (Å²) in [5.41, 5.74) is 5.69. The normalized spacial score (nSPS) is 11.9. The Bertz CT molecular complexity index is 723. The molecule has 0 atom stereocenters. The lowest BCUT2D eigenvalue weighted by atomic mass is 10.3. The lowest BCUT2D eigenvalue weighted by Crippen LogP contribution is -2.25. The fourth-order valence-electron chi connectivity index (χ4n) is 1.73. The number of guanidine groups is 1. The van der Waals surface area contributed by atoms with Gasteiger partial charge in [0.25, 0.3) is 0 Å². The third-order valence-electron chi connectivity index (χ3n) is 2.70. The molecule has 0 saturated heterocycles. The number of alkyl halides is 3. The van der Waals surface area contributed by atoms with Crippen molar-refractivity contribution in [2.75, 3.05) is 18.5 Å². The average Bonchev–Trinajstić information content (AvgIpc) is 2.54. The van der Waals surface area contributed by atoms with Crippen molar-refractivity contribution in [3.8, 4) is 11.6 Å². The number of rotatable bonds is 6. The van der Waals surface area contributed by atoms with Crippen LogP contribution in [0.5, 0.6) is 11.6 Å². The van der Waals surface area contributed by atoms with E-state index < -0.39 is 12.1 Å². The van der Waals surface area contributed by atoms with Gasteiger partial charge >= 0.3 is 6.36 Å². The highest BCUT2D eigenvalue weighted by Gasteiger charge is 2.32. The molecule has 0 spiro atoms. The number of hydrogen-bond donors (Lipinski definition) is 2. The zero-order valence-electron chi connectivity index (χ0n) is 12.8. The van der Waals surface area contributed by atoms with E-state index in [0.29, 0.717) is 10.9 Å². The first kappa shape index (κ1) is 18.7. The number of benzene rings is 1. The highest BCUT2D eigenvalue weighted by atomic mass is 35.5. The number of pyridine rings is 1. The van der Waals surface area contributed by atoms with E-state index in [1.807, 2.05) is 0 Å². The van der Waals surface area contributed by atoms with Gasteiger partial charge in [-0.25, -0.2) is 9.98 Å². The molecule has 1 aromatic carbocycles. The van der Waals surface area contributed by atoms with E-state index in [4.69, 9.17) is 22.1 Å². The first-order chi connectivity index (χ1) is 11.8. The second-order valence-electron chi connectivity index (χ2n) is 4.60. The van der Waals surface area contributed by atoms with Crippen LogP contribution in [0, 0.1) is 0 Å². The van der Waals surface area contributed by atoms with E-state index in [2.05, 4.69) is 20.0 Å². The molecule has 10 heteroatoms. The monoisotopic (exact) mass is 374 g/mol. The number of nitrogens with two attached hydrogens (primary N) is 1. The van der Waals surface area contributed by atoms with E-state index in [1.54, 1.807) is 12.1 Å². The molecule has 1 aromatic heterocycles. The fraction of sp³-hybridized carbons (Fsp3) is 0.200. The predicted octanol–water partition coefficient (Wildman–Crippen LogP) is 3.44. The Labute approximate surface area is 146 Å². The summed E-state index contributed by atoms with van der Waals surface area (Å²) in [7, 11) is 0. The van der Waals surface area contributed by atoms with Gasteiger partial charge in [0.2, 0.25) is 5.88 Å². The quantitative estimate of drug-likeness (QED) is 0.460. The summed E-state index contributed by atoms with van der Waals surface area (Å²) in [6.45, 7) is 0.350. The van der Waals surface area contributed by atoms with E-state index in [1.165, 1.54) is 30.5 Å². The smallest absolute Gasteiger partial charge is 0.476 e. The lowest BCUT2D eigenvalue weighted by Gasteiger charge is -2.14. The molecule has 1 heterocycles. The van der Waals surface area contributed by atoms with Gasteiger partial charge in [-0.15, -0.1) is 13.2 Å².